The van der Waals surface area contributed by atoms with Gasteiger partial charge in [-0.2, -0.15) is 4.80 Å². The Labute approximate surface area is 150 Å². The van der Waals surface area contributed by atoms with Crippen LogP contribution < -0.4 is 5.32 Å². The van der Waals surface area contributed by atoms with Gasteiger partial charge in [0.1, 0.15) is 6.54 Å². The smallest absolute Gasteiger partial charge is 0.243 e. The summed E-state index contributed by atoms with van der Waals surface area (Å²) < 4.78 is 0.997. The first-order valence-corrected chi connectivity index (χ1v) is 9.33. The van der Waals surface area contributed by atoms with Gasteiger partial charge in [0.05, 0.1) is 0 Å². The zero-order chi connectivity index (χ0) is 16.8. The molecule has 6 nitrogen and oxygen atoms in total. The summed E-state index contributed by atoms with van der Waals surface area (Å²) in [5.41, 5.74) is 0.880. The van der Waals surface area contributed by atoms with Gasteiger partial charge in [-0.25, -0.2) is 0 Å². The highest BCUT2D eigenvalue weighted by Gasteiger charge is 2.15. The lowest BCUT2D eigenvalue weighted by Crippen LogP contribution is -2.37. The Hall–Kier alpha value is -1.76. The summed E-state index contributed by atoms with van der Waals surface area (Å²) in [6.07, 6.45) is 8.39. The van der Waals surface area contributed by atoms with Gasteiger partial charge >= 0.3 is 0 Å². The Morgan fingerprint density at radius 3 is 2.50 bits per heavy atom. The van der Waals surface area contributed by atoms with E-state index in [4.69, 9.17) is 0 Å². The van der Waals surface area contributed by atoms with E-state index in [1.807, 2.05) is 24.3 Å². The van der Waals surface area contributed by atoms with Crippen LogP contribution >= 0.6 is 15.9 Å². The van der Waals surface area contributed by atoms with Crippen LogP contribution in [0.3, 0.4) is 0 Å². The molecule has 128 valence electrons. The fourth-order valence-electron chi connectivity index (χ4n) is 3.03. The molecule has 0 atom stereocenters. The number of carbonyl (C=O) groups excluding carboxylic acids is 1. The molecule has 3 rings (SSSR count). The molecule has 1 heterocycles. The molecular formula is C17H22BrN5O. The van der Waals surface area contributed by atoms with Crippen molar-refractivity contribution < 1.29 is 4.79 Å². The van der Waals surface area contributed by atoms with E-state index in [-0.39, 0.29) is 18.5 Å². The highest BCUT2D eigenvalue weighted by Crippen LogP contribution is 2.18. The van der Waals surface area contributed by atoms with Crippen molar-refractivity contribution in [2.24, 2.45) is 0 Å². The number of nitrogens with one attached hydrogen (secondary N) is 1. The maximum atomic E-state index is 12.2. The zero-order valence-electron chi connectivity index (χ0n) is 13.6. The van der Waals surface area contributed by atoms with Gasteiger partial charge in [0.15, 0.2) is 0 Å². The minimum atomic E-state index is -0.0414. The van der Waals surface area contributed by atoms with E-state index in [1.165, 1.54) is 36.9 Å². The molecule has 1 aromatic heterocycles. The average molecular weight is 392 g/mol. The molecule has 1 amide bonds. The first-order valence-electron chi connectivity index (χ1n) is 8.54. The summed E-state index contributed by atoms with van der Waals surface area (Å²) in [7, 11) is 0. The summed E-state index contributed by atoms with van der Waals surface area (Å²) in [5, 5.41) is 15.4. The molecule has 0 bridgehead atoms. The Balaban J connectivity index is 1.55. The van der Waals surface area contributed by atoms with Crippen molar-refractivity contribution in [1.29, 1.82) is 0 Å². The van der Waals surface area contributed by atoms with Gasteiger partial charge in [0.25, 0.3) is 0 Å². The molecule has 1 aliphatic rings. The Morgan fingerprint density at radius 1 is 1.12 bits per heavy atom. The fourth-order valence-corrected chi connectivity index (χ4v) is 3.29. The molecule has 0 radical (unpaired) electrons. The number of aromatic nitrogens is 4. The van der Waals surface area contributed by atoms with Gasteiger partial charge in [0, 0.05) is 16.1 Å². The highest BCUT2D eigenvalue weighted by molar-refractivity contribution is 9.10. The zero-order valence-corrected chi connectivity index (χ0v) is 15.2. The van der Waals surface area contributed by atoms with Crippen LogP contribution in [0.2, 0.25) is 0 Å². The Morgan fingerprint density at radius 2 is 1.79 bits per heavy atom. The van der Waals surface area contributed by atoms with E-state index in [2.05, 4.69) is 36.7 Å². The molecule has 0 spiro atoms. The van der Waals surface area contributed by atoms with Crippen molar-refractivity contribution in [3.63, 3.8) is 0 Å². The second kappa shape index (κ2) is 8.37. The van der Waals surface area contributed by atoms with Crippen LogP contribution in [0.5, 0.6) is 0 Å². The molecule has 1 aromatic carbocycles. The largest absolute Gasteiger partial charge is 0.352 e. The average Bonchev–Trinajstić information content (AvgIpc) is 2.99. The summed E-state index contributed by atoms with van der Waals surface area (Å²) in [4.78, 5) is 13.6. The summed E-state index contributed by atoms with van der Waals surface area (Å²) in [5.74, 6) is 0.488. The number of benzene rings is 1. The lowest BCUT2D eigenvalue weighted by Gasteiger charge is -2.20. The topological polar surface area (TPSA) is 72.7 Å². The fraction of sp³-hybridized carbons (Fsp3) is 0.529. The normalized spacial score (nSPS) is 16.4. The molecular weight excluding hydrogens is 370 g/mol. The third kappa shape index (κ3) is 4.87. The minimum absolute atomic E-state index is 0.0414. The Bertz CT molecular complexity index is 662. The van der Waals surface area contributed by atoms with Crippen LogP contribution in [0.25, 0.3) is 11.4 Å². The molecule has 1 N–H and O–H groups in total. The summed E-state index contributed by atoms with van der Waals surface area (Å²) in [6, 6.07) is 7.97. The summed E-state index contributed by atoms with van der Waals surface area (Å²) >= 11 is 3.40. The maximum Gasteiger partial charge on any atom is 0.243 e. The second-order valence-corrected chi connectivity index (χ2v) is 7.18. The number of hydrogen-bond donors (Lipinski definition) is 1. The summed E-state index contributed by atoms with van der Waals surface area (Å²) in [6.45, 7) is 0.111. The van der Waals surface area contributed by atoms with Crippen molar-refractivity contribution in [2.75, 3.05) is 0 Å². The monoisotopic (exact) mass is 391 g/mol. The first kappa shape index (κ1) is 17.1. The van der Waals surface area contributed by atoms with Crippen molar-refractivity contribution in [3.05, 3.63) is 28.7 Å². The van der Waals surface area contributed by atoms with Gasteiger partial charge < -0.3 is 5.32 Å². The SMILES string of the molecule is O=C(Cn1nnc(-c2ccc(Br)cc2)n1)NC1CCCCCCC1. The van der Waals surface area contributed by atoms with Crippen LogP contribution in [0.4, 0.5) is 0 Å². The van der Waals surface area contributed by atoms with Crippen molar-refractivity contribution in [3.8, 4) is 11.4 Å². The van der Waals surface area contributed by atoms with Crippen molar-refractivity contribution in [1.82, 2.24) is 25.5 Å². The molecule has 1 fully saturated rings. The van der Waals surface area contributed by atoms with Crippen molar-refractivity contribution >= 4 is 21.8 Å². The predicted molar refractivity (Wildman–Crippen MR) is 95.2 cm³/mol. The molecule has 2 aromatic rings. The highest BCUT2D eigenvalue weighted by atomic mass is 79.9. The van der Waals surface area contributed by atoms with Crippen LogP contribution in [0, 0.1) is 0 Å². The number of hydrogen-bond acceptors (Lipinski definition) is 4. The van der Waals surface area contributed by atoms with Gasteiger partial charge in [0.2, 0.25) is 11.7 Å². The first-order chi connectivity index (χ1) is 11.7. The van der Waals surface area contributed by atoms with E-state index in [1.54, 1.807) is 0 Å². The van der Waals surface area contributed by atoms with E-state index in [9.17, 15) is 4.79 Å². The number of tetrazole rings is 1. The second-order valence-electron chi connectivity index (χ2n) is 6.26. The van der Waals surface area contributed by atoms with Gasteiger partial charge in [-0.15, -0.1) is 10.2 Å². The van der Waals surface area contributed by atoms with Crippen LogP contribution in [-0.2, 0) is 11.3 Å². The molecule has 7 heteroatoms. The van der Waals surface area contributed by atoms with E-state index < -0.39 is 0 Å². The minimum Gasteiger partial charge on any atom is -0.352 e. The standard InChI is InChI=1S/C17H22BrN5O/c18-14-10-8-13(9-11-14)17-20-22-23(21-17)12-16(24)19-15-6-4-2-1-3-5-7-15/h8-11,15H,1-7,12H2,(H,19,24). The molecule has 1 saturated carbocycles. The quantitative estimate of drug-likeness (QED) is 0.867. The molecule has 0 saturated heterocycles. The van der Waals surface area contributed by atoms with Crippen molar-refractivity contribution in [2.45, 2.75) is 57.5 Å². The third-order valence-corrected chi connectivity index (χ3v) is 4.84. The molecule has 1 aliphatic carbocycles. The Kier molecular flexibility index (Phi) is 5.96. The number of halogens is 1. The van der Waals surface area contributed by atoms with E-state index in [0.29, 0.717) is 5.82 Å². The molecule has 0 aliphatic heterocycles. The molecule has 24 heavy (non-hydrogen) atoms. The van der Waals surface area contributed by atoms with Crippen LogP contribution in [0.1, 0.15) is 44.9 Å². The predicted octanol–water partition coefficient (Wildman–Crippen LogP) is 3.33. The number of rotatable bonds is 4. The third-order valence-electron chi connectivity index (χ3n) is 4.31. The lowest BCUT2D eigenvalue weighted by molar-refractivity contribution is -0.122. The number of amides is 1. The number of carbonyl (C=O) groups is 1. The van der Waals surface area contributed by atoms with E-state index in [0.717, 1.165) is 22.9 Å². The van der Waals surface area contributed by atoms with Gasteiger partial charge in [-0.1, -0.05) is 48.0 Å². The maximum absolute atomic E-state index is 12.2. The van der Waals surface area contributed by atoms with E-state index >= 15 is 0 Å². The molecule has 0 unspecified atom stereocenters. The lowest BCUT2D eigenvalue weighted by atomic mass is 9.97. The van der Waals surface area contributed by atoms with Gasteiger partial charge in [-0.3, -0.25) is 4.79 Å². The number of nitrogens with zero attached hydrogens (tertiary/aromatic N) is 4. The van der Waals surface area contributed by atoms with Crippen LogP contribution in [-0.4, -0.2) is 32.2 Å². The van der Waals surface area contributed by atoms with Crippen LogP contribution in [0.15, 0.2) is 28.7 Å². The van der Waals surface area contributed by atoms with Gasteiger partial charge in [-0.05, 0) is 42.3 Å².